The Balaban J connectivity index is 1.72. The van der Waals surface area contributed by atoms with E-state index in [0.717, 1.165) is 30.8 Å². The fraction of sp³-hybridized carbons (Fsp3) is 0.294. The molecule has 3 rings (SSSR count). The number of anilines is 1. The van der Waals surface area contributed by atoms with E-state index < -0.39 is 0 Å². The molecule has 0 saturated carbocycles. The van der Waals surface area contributed by atoms with Crippen molar-refractivity contribution in [3.8, 4) is 11.8 Å². The van der Waals surface area contributed by atoms with Crippen LogP contribution in [0.15, 0.2) is 29.6 Å². The van der Waals surface area contributed by atoms with Crippen molar-refractivity contribution < 1.29 is 9.50 Å². The molecule has 0 fully saturated rings. The van der Waals surface area contributed by atoms with Crippen molar-refractivity contribution in [3.63, 3.8) is 0 Å². The number of fused-ring (bicyclic) bond motifs is 1. The molecule has 0 bridgehead atoms. The highest BCUT2D eigenvalue weighted by Crippen LogP contribution is 2.31. The second-order valence-electron chi connectivity index (χ2n) is 5.02. The van der Waals surface area contributed by atoms with Crippen LogP contribution in [0, 0.1) is 17.7 Å². The zero-order valence-electron chi connectivity index (χ0n) is 11.6. The largest absolute Gasteiger partial charge is 0.395 e. The first-order chi connectivity index (χ1) is 10.3. The molecule has 0 unspecified atom stereocenters. The number of rotatable bonds is 3. The number of halogens is 1. The van der Waals surface area contributed by atoms with Crippen LogP contribution in [0.4, 0.5) is 10.1 Å². The van der Waals surface area contributed by atoms with Gasteiger partial charge in [0.1, 0.15) is 5.82 Å². The second-order valence-corrected chi connectivity index (χ2v) is 6.02. The van der Waals surface area contributed by atoms with Crippen molar-refractivity contribution in [2.45, 2.75) is 19.4 Å². The summed E-state index contributed by atoms with van der Waals surface area (Å²) in [6.07, 6.45) is 1.48. The number of aliphatic hydroxyl groups is 1. The van der Waals surface area contributed by atoms with Crippen LogP contribution in [-0.4, -0.2) is 18.3 Å². The lowest BCUT2D eigenvalue weighted by Crippen LogP contribution is -2.18. The fourth-order valence-corrected chi connectivity index (χ4v) is 3.35. The van der Waals surface area contributed by atoms with Crippen LogP contribution in [0.5, 0.6) is 0 Å². The van der Waals surface area contributed by atoms with Crippen LogP contribution in [-0.2, 0) is 13.0 Å². The highest BCUT2D eigenvalue weighted by molar-refractivity contribution is 7.10. The molecule has 2 nitrogen and oxygen atoms in total. The van der Waals surface area contributed by atoms with Crippen molar-refractivity contribution >= 4 is 17.0 Å². The Labute approximate surface area is 127 Å². The van der Waals surface area contributed by atoms with E-state index >= 15 is 0 Å². The van der Waals surface area contributed by atoms with Crippen LogP contribution >= 0.6 is 11.3 Å². The molecule has 4 heteroatoms. The van der Waals surface area contributed by atoms with Crippen LogP contribution < -0.4 is 4.90 Å². The molecule has 0 aliphatic carbocycles. The van der Waals surface area contributed by atoms with Gasteiger partial charge >= 0.3 is 0 Å². The van der Waals surface area contributed by atoms with Crippen molar-refractivity contribution in [3.05, 3.63) is 51.5 Å². The maximum atomic E-state index is 13.4. The minimum atomic E-state index is -0.178. The molecule has 1 aromatic carbocycles. The summed E-state index contributed by atoms with van der Waals surface area (Å²) in [5.74, 6) is 5.79. The van der Waals surface area contributed by atoms with Crippen molar-refractivity contribution in [2.75, 3.05) is 18.1 Å². The maximum Gasteiger partial charge on any atom is 0.125 e. The smallest absolute Gasteiger partial charge is 0.125 e. The molecule has 1 aliphatic rings. The molecule has 2 heterocycles. The number of hydrogen-bond acceptors (Lipinski definition) is 3. The molecule has 0 radical (unpaired) electrons. The van der Waals surface area contributed by atoms with E-state index in [1.807, 2.05) is 11.4 Å². The Morgan fingerprint density at radius 3 is 3.10 bits per heavy atom. The summed E-state index contributed by atoms with van der Waals surface area (Å²) < 4.78 is 13.4. The lowest BCUT2D eigenvalue weighted by atomic mass is 10.2. The van der Waals surface area contributed by atoms with Crippen molar-refractivity contribution in [2.24, 2.45) is 0 Å². The highest BCUT2D eigenvalue weighted by Gasteiger charge is 2.20. The molecule has 21 heavy (non-hydrogen) atoms. The molecule has 0 spiro atoms. The Morgan fingerprint density at radius 1 is 1.33 bits per heavy atom. The van der Waals surface area contributed by atoms with Gasteiger partial charge in [0.25, 0.3) is 0 Å². The maximum absolute atomic E-state index is 13.4. The monoisotopic (exact) mass is 301 g/mol. The molecular formula is C17H16FNOS. The molecule has 1 N–H and O–H groups in total. The van der Waals surface area contributed by atoms with E-state index in [1.54, 1.807) is 17.4 Å². The molecular weight excluding hydrogens is 285 g/mol. The lowest BCUT2D eigenvalue weighted by Gasteiger charge is -2.18. The van der Waals surface area contributed by atoms with Gasteiger partial charge in [-0.25, -0.2) is 4.39 Å². The summed E-state index contributed by atoms with van der Waals surface area (Å²) in [7, 11) is 0. The van der Waals surface area contributed by atoms with Gasteiger partial charge in [-0.2, -0.15) is 0 Å². The molecule has 1 aromatic heterocycles. The summed E-state index contributed by atoms with van der Waals surface area (Å²) in [4.78, 5) is 3.44. The second kappa shape index (κ2) is 6.30. The molecule has 0 amide bonds. The zero-order valence-corrected chi connectivity index (χ0v) is 12.4. The van der Waals surface area contributed by atoms with Gasteiger partial charge in [-0.05, 0) is 30.2 Å². The van der Waals surface area contributed by atoms with E-state index in [0.29, 0.717) is 6.42 Å². The summed E-state index contributed by atoms with van der Waals surface area (Å²) in [6.45, 7) is 1.82. The molecule has 2 aromatic rings. The summed E-state index contributed by atoms with van der Waals surface area (Å²) in [5.41, 5.74) is 3.22. The minimum Gasteiger partial charge on any atom is -0.395 e. The van der Waals surface area contributed by atoms with Crippen molar-refractivity contribution in [1.82, 2.24) is 0 Å². The zero-order chi connectivity index (χ0) is 14.7. The van der Waals surface area contributed by atoms with Gasteiger partial charge in [-0.15, -0.1) is 11.3 Å². The van der Waals surface area contributed by atoms with E-state index in [1.165, 1.54) is 16.5 Å². The topological polar surface area (TPSA) is 23.5 Å². The number of nitrogens with zero attached hydrogens (tertiary/aromatic N) is 1. The average molecular weight is 301 g/mol. The predicted octanol–water partition coefficient (Wildman–Crippen LogP) is 3.18. The van der Waals surface area contributed by atoms with Crippen molar-refractivity contribution in [1.29, 1.82) is 0 Å². The number of benzene rings is 1. The third-order valence-corrected chi connectivity index (χ3v) is 4.43. The van der Waals surface area contributed by atoms with Gasteiger partial charge in [0.2, 0.25) is 0 Å². The first-order valence-electron chi connectivity index (χ1n) is 6.97. The number of thiophene rings is 1. The fourth-order valence-electron chi connectivity index (χ4n) is 2.52. The van der Waals surface area contributed by atoms with Gasteiger partial charge < -0.3 is 10.0 Å². The van der Waals surface area contributed by atoms with E-state index in [2.05, 4.69) is 22.8 Å². The van der Waals surface area contributed by atoms with Crippen LogP contribution in [0.1, 0.15) is 22.4 Å². The highest BCUT2D eigenvalue weighted by atomic mass is 32.1. The third kappa shape index (κ3) is 3.26. The molecule has 108 valence electrons. The van der Waals surface area contributed by atoms with Crippen LogP contribution in [0.25, 0.3) is 0 Å². The van der Waals surface area contributed by atoms with Gasteiger partial charge in [0.05, 0.1) is 13.2 Å². The third-order valence-electron chi connectivity index (χ3n) is 3.51. The summed E-state index contributed by atoms with van der Waals surface area (Å²) >= 11 is 1.67. The molecule has 1 aliphatic heterocycles. The predicted molar refractivity (Wildman–Crippen MR) is 84.1 cm³/mol. The number of aliphatic hydroxyl groups excluding tert-OH is 1. The van der Waals surface area contributed by atoms with Gasteiger partial charge in [-0.3, -0.25) is 0 Å². The minimum absolute atomic E-state index is 0.0973. The summed E-state index contributed by atoms with van der Waals surface area (Å²) in [6, 6.07) is 7.11. The Hall–Kier alpha value is -1.83. The molecule has 0 saturated heterocycles. The first kappa shape index (κ1) is 14.1. The van der Waals surface area contributed by atoms with E-state index in [-0.39, 0.29) is 12.4 Å². The Bertz CT molecular complexity index is 698. The summed E-state index contributed by atoms with van der Waals surface area (Å²) in [5, 5.41) is 10.7. The van der Waals surface area contributed by atoms with Crippen LogP contribution in [0.3, 0.4) is 0 Å². The SMILES string of the molecule is OCCC#Cc1csc(CN2CCc3ccc(F)cc32)c1. The average Bonchev–Trinajstić information content (AvgIpc) is 3.07. The van der Waals surface area contributed by atoms with Gasteiger partial charge in [0, 0.05) is 34.5 Å². The normalized spacial score (nSPS) is 13.0. The lowest BCUT2D eigenvalue weighted by molar-refractivity contribution is 0.305. The Kier molecular flexibility index (Phi) is 4.23. The molecule has 0 atom stereocenters. The van der Waals surface area contributed by atoms with Crippen LogP contribution in [0.2, 0.25) is 0 Å². The Morgan fingerprint density at radius 2 is 2.24 bits per heavy atom. The van der Waals surface area contributed by atoms with Gasteiger partial charge in [0.15, 0.2) is 0 Å². The van der Waals surface area contributed by atoms with E-state index in [4.69, 9.17) is 5.11 Å². The van der Waals surface area contributed by atoms with Gasteiger partial charge in [-0.1, -0.05) is 17.9 Å². The first-order valence-corrected chi connectivity index (χ1v) is 7.85. The van der Waals surface area contributed by atoms with E-state index in [9.17, 15) is 4.39 Å². The standard InChI is InChI=1S/C17H16FNOS/c18-15-5-4-14-6-7-19(17(14)10-15)11-16-9-13(12-21-16)3-1-2-8-20/h4-5,9-10,12,20H,2,6-8,11H2. The number of hydrogen-bond donors (Lipinski definition) is 1. The quantitative estimate of drug-likeness (QED) is 0.880.